The minimum absolute atomic E-state index is 0.0557. The van der Waals surface area contributed by atoms with Crippen LogP contribution in [0, 0.1) is 50.2 Å². The first-order chi connectivity index (χ1) is 16.0. The number of carboxylic acids is 1. The van der Waals surface area contributed by atoms with Gasteiger partial charge < -0.3 is 20.4 Å². The molecule has 0 aromatic carbocycles. The Hall–Kier alpha value is -0.910. The zero-order valence-electron chi connectivity index (χ0n) is 22.9. The van der Waals surface area contributed by atoms with Gasteiger partial charge in [-0.05, 0) is 97.7 Å². The first kappa shape index (κ1) is 25.7. The van der Waals surface area contributed by atoms with E-state index in [4.69, 9.17) is 0 Å². The minimum Gasteiger partial charge on any atom is -0.481 e. The number of aliphatic hydroxyl groups excluding tert-OH is 3. The number of fused-ring (bicyclic) bond motifs is 7. The van der Waals surface area contributed by atoms with E-state index in [9.17, 15) is 25.2 Å². The van der Waals surface area contributed by atoms with E-state index in [1.807, 2.05) is 6.92 Å². The maximum atomic E-state index is 12.2. The average molecular weight is 489 g/mol. The van der Waals surface area contributed by atoms with Gasteiger partial charge in [-0.25, -0.2) is 0 Å². The van der Waals surface area contributed by atoms with Crippen LogP contribution in [0.2, 0.25) is 0 Å². The second kappa shape index (κ2) is 7.35. The Morgan fingerprint density at radius 1 is 0.857 bits per heavy atom. The summed E-state index contributed by atoms with van der Waals surface area (Å²) in [4.78, 5) is 12.2. The first-order valence-electron chi connectivity index (χ1n) is 14.0. The lowest BCUT2D eigenvalue weighted by molar-refractivity contribution is -0.278. The molecule has 4 fully saturated rings. The van der Waals surface area contributed by atoms with Gasteiger partial charge in [0.15, 0.2) is 0 Å². The van der Waals surface area contributed by atoms with Crippen LogP contribution >= 0.6 is 0 Å². The molecule has 5 aliphatic carbocycles. The van der Waals surface area contributed by atoms with E-state index in [1.165, 1.54) is 5.57 Å². The van der Waals surface area contributed by atoms with Crippen LogP contribution in [-0.2, 0) is 4.79 Å². The molecular formula is C30H48O5. The molecule has 11 atom stereocenters. The Balaban J connectivity index is 1.61. The first-order valence-corrected chi connectivity index (χ1v) is 14.0. The molecule has 0 aliphatic heterocycles. The molecule has 35 heavy (non-hydrogen) atoms. The Labute approximate surface area is 211 Å². The van der Waals surface area contributed by atoms with Gasteiger partial charge in [-0.1, -0.05) is 53.2 Å². The van der Waals surface area contributed by atoms with Gasteiger partial charge in [0.05, 0.1) is 17.6 Å². The normalized spacial score (nSPS) is 57.1. The average Bonchev–Trinajstić information content (AvgIpc) is 2.78. The monoisotopic (exact) mass is 488 g/mol. The fourth-order valence-corrected chi connectivity index (χ4v) is 10.6. The summed E-state index contributed by atoms with van der Waals surface area (Å²) in [5.74, 6) is -0.0726. The summed E-state index contributed by atoms with van der Waals surface area (Å²) in [7, 11) is 0. The van der Waals surface area contributed by atoms with Crippen LogP contribution in [0.4, 0.5) is 0 Å². The number of rotatable bonds is 1. The second-order valence-electron chi connectivity index (χ2n) is 15.1. The van der Waals surface area contributed by atoms with E-state index in [1.54, 1.807) is 0 Å². The van der Waals surface area contributed by atoms with E-state index >= 15 is 0 Å². The summed E-state index contributed by atoms with van der Waals surface area (Å²) in [6.45, 7) is 15.5. The van der Waals surface area contributed by atoms with Gasteiger partial charge in [-0.2, -0.15) is 0 Å². The summed E-state index contributed by atoms with van der Waals surface area (Å²) in [5.41, 5.74) is -0.133. The molecule has 0 radical (unpaired) electrons. The molecular weight excluding hydrogens is 440 g/mol. The van der Waals surface area contributed by atoms with Crippen molar-refractivity contribution in [2.24, 2.45) is 50.2 Å². The predicted molar refractivity (Wildman–Crippen MR) is 135 cm³/mol. The highest BCUT2D eigenvalue weighted by Crippen LogP contribution is 2.75. The van der Waals surface area contributed by atoms with E-state index in [0.29, 0.717) is 6.42 Å². The Kier molecular flexibility index (Phi) is 5.40. The minimum atomic E-state index is -1.14. The van der Waals surface area contributed by atoms with Gasteiger partial charge in [0.1, 0.15) is 6.10 Å². The number of aliphatic carboxylic acids is 1. The number of carbonyl (C=O) groups is 1. The summed E-state index contributed by atoms with van der Waals surface area (Å²) >= 11 is 0. The fourth-order valence-electron chi connectivity index (χ4n) is 10.6. The van der Waals surface area contributed by atoms with E-state index in [-0.39, 0.29) is 34.0 Å². The van der Waals surface area contributed by atoms with Crippen LogP contribution in [0.15, 0.2) is 11.6 Å². The molecule has 0 heterocycles. The lowest BCUT2D eigenvalue weighted by atomic mass is 9.33. The number of aliphatic hydroxyl groups is 3. The topological polar surface area (TPSA) is 98.0 Å². The predicted octanol–water partition coefficient (Wildman–Crippen LogP) is 5.18. The lowest BCUT2D eigenvalue weighted by Crippen LogP contribution is -2.71. The molecule has 0 aromatic heterocycles. The van der Waals surface area contributed by atoms with Crippen LogP contribution in [-0.4, -0.2) is 44.7 Å². The van der Waals surface area contributed by atoms with Gasteiger partial charge in [0.25, 0.3) is 0 Å². The number of hydrogen-bond acceptors (Lipinski definition) is 4. The third-order valence-corrected chi connectivity index (χ3v) is 13.5. The van der Waals surface area contributed by atoms with Crippen molar-refractivity contribution in [3.63, 3.8) is 0 Å². The fraction of sp³-hybridized carbons (Fsp3) is 0.900. The molecule has 5 aliphatic rings. The number of hydrogen-bond donors (Lipinski definition) is 4. The SMILES string of the molecule is CC1(C)[C@@H](O)[C@@H](O)[C@H](O)[C@]2(C)[C@H]3CC=C4[C@@H]5C[C@@](C)(C(=O)O)CC[C@]5(C)CC[C@@]4(C)[C@]3(C)CC[C@@H]12. The van der Waals surface area contributed by atoms with Crippen molar-refractivity contribution < 1.29 is 25.2 Å². The molecule has 0 bridgehead atoms. The zero-order valence-corrected chi connectivity index (χ0v) is 22.9. The van der Waals surface area contributed by atoms with Crippen molar-refractivity contribution in [1.29, 1.82) is 0 Å². The third-order valence-electron chi connectivity index (χ3n) is 13.5. The van der Waals surface area contributed by atoms with Crippen LogP contribution < -0.4 is 0 Å². The van der Waals surface area contributed by atoms with Crippen LogP contribution in [0.5, 0.6) is 0 Å². The molecule has 0 spiro atoms. The molecule has 5 rings (SSSR count). The highest BCUT2D eigenvalue weighted by molar-refractivity contribution is 5.74. The molecule has 5 nitrogen and oxygen atoms in total. The Morgan fingerprint density at radius 2 is 1.49 bits per heavy atom. The highest BCUT2D eigenvalue weighted by atomic mass is 16.4. The number of carboxylic acid groups (broad SMARTS) is 1. The highest BCUT2D eigenvalue weighted by Gasteiger charge is 2.71. The van der Waals surface area contributed by atoms with Crippen molar-refractivity contribution in [1.82, 2.24) is 0 Å². The molecule has 4 saturated carbocycles. The molecule has 0 unspecified atom stereocenters. The van der Waals surface area contributed by atoms with Crippen LogP contribution in [0.1, 0.15) is 99.8 Å². The zero-order chi connectivity index (χ0) is 26.0. The second-order valence-corrected chi connectivity index (χ2v) is 15.1. The quantitative estimate of drug-likeness (QED) is 0.382. The summed E-state index contributed by atoms with van der Waals surface area (Å²) < 4.78 is 0. The largest absolute Gasteiger partial charge is 0.481 e. The summed E-state index contributed by atoms with van der Waals surface area (Å²) in [5, 5.41) is 43.5. The Bertz CT molecular complexity index is 956. The molecule has 5 heteroatoms. The molecule has 0 amide bonds. The van der Waals surface area contributed by atoms with Crippen molar-refractivity contribution in [2.75, 3.05) is 0 Å². The van der Waals surface area contributed by atoms with Gasteiger partial charge in [-0.15, -0.1) is 0 Å². The van der Waals surface area contributed by atoms with Crippen molar-refractivity contribution in [3.05, 3.63) is 11.6 Å². The molecule has 4 N–H and O–H groups in total. The Morgan fingerprint density at radius 3 is 2.11 bits per heavy atom. The van der Waals surface area contributed by atoms with Gasteiger partial charge in [0, 0.05) is 5.41 Å². The van der Waals surface area contributed by atoms with E-state index < -0.39 is 40.5 Å². The maximum Gasteiger partial charge on any atom is 0.309 e. The smallest absolute Gasteiger partial charge is 0.309 e. The van der Waals surface area contributed by atoms with Crippen molar-refractivity contribution in [2.45, 2.75) is 118 Å². The van der Waals surface area contributed by atoms with Crippen molar-refractivity contribution in [3.8, 4) is 0 Å². The van der Waals surface area contributed by atoms with Gasteiger partial charge in [-0.3, -0.25) is 4.79 Å². The van der Waals surface area contributed by atoms with E-state index in [0.717, 1.165) is 44.9 Å². The lowest BCUT2D eigenvalue weighted by Gasteiger charge is -2.72. The molecule has 0 aromatic rings. The van der Waals surface area contributed by atoms with Crippen molar-refractivity contribution >= 4 is 5.97 Å². The van der Waals surface area contributed by atoms with Crippen LogP contribution in [0.3, 0.4) is 0 Å². The third kappa shape index (κ3) is 2.95. The summed E-state index contributed by atoms with van der Waals surface area (Å²) in [6, 6.07) is 0. The number of allylic oxidation sites excluding steroid dienone is 2. The molecule has 198 valence electrons. The van der Waals surface area contributed by atoms with Gasteiger partial charge in [0.2, 0.25) is 0 Å². The summed E-state index contributed by atoms with van der Waals surface area (Å²) in [6.07, 6.45) is 6.83. The molecule has 0 saturated heterocycles. The van der Waals surface area contributed by atoms with E-state index in [2.05, 4.69) is 47.6 Å². The van der Waals surface area contributed by atoms with Crippen LogP contribution in [0.25, 0.3) is 0 Å². The standard InChI is InChI=1S/C30H48O5/c1-25(2)19-10-11-29(6)20(30(19,7)23(33)21(31)22(25)32)9-8-17-18-16-27(4,24(34)35)13-12-26(18,3)14-15-28(17,29)5/h8,18-23,31-33H,9-16H2,1-7H3,(H,34,35)/t18-,19-,20-,21+,22-,23-,26+,27-,28+,29+,30-/m0/s1. The van der Waals surface area contributed by atoms with Gasteiger partial charge >= 0.3 is 5.97 Å². The maximum absolute atomic E-state index is 12.2.